The van der Waals surface area contributed by atoms with Gasteiger partial charge in [0, 0.05) is 37.2 Å². The van der Waals surface area contributed by atoms with Gasteiger partial charge in [-0.1, -0.05) is 6.07 Å². The summed E-state index contributed by atoms with van der Waals surface area (Å²) in [6.45, 7) is 4.60. The Kier molecular flexibility index (Phi) is 4.87. The van der Waals surface area contributed by atoms with Crippen LogP contribution in [0.25, 0.3) is 0 Å². The number of benzene rings is 1. The van der Waals surface area contributed by atoms with E-state index in [1.807, 2.05) is 0 Å². The highest BCUT2D eigenvalue weighted by Crippen LogP contribution is 2.29. The van der Waals surface area contributed by atoms with Crippen molar-refractivity contribution >= 4 is 21.6 Å². The van der Waals surface area contributed by atoms with Crippen molar-refractivity contribution < 1.29 is 0 Å². The molecule has 1 aromatic carbocycles. The molecule has 1 aliphatic carbocycles. The van der Waals surface area contributed by atoms with Crippen LogP contribution < -0.4 is 10.2 Å². The fourth-order valence-electron chi connectivity index (χ4n) is 3.18. The molecule has 4 heteroatoms. The van der Waals surface area contributed by atoms with Gasteiger partial charge in [-0.05, 0) is 72.4 Å². The molecule has 1 unspecified atom stereocenters. The summed E-state index contributed by atoms with van der Waals surface area (Å²) in [5, 5.41) is 3.57. The molecule has 1 heterocycles. The average molecular weight is 352 g/mol. The average Bonchev–Trinajstić information content (AvgIpc) is 3.19. The van der Waals surface area contributed by atoms with Crippen molar-refractivity contribution in [3.63, 3.8) is 0 Å². The van der Waals surface area contributed by atoms with E-state index in [0.29, 0.717) is 0 Å². The summed E-state index contributed by atoms with van der Waals surface area (Å²) >= 11 is 3.75. The van der Waals surface area contributed by atoms with Gasteiger partial charge < -0.3 is 15.1 Å². The Balaban J connectivity index is 1.58. The molecule has 2 aliphatic rings. The van der Waals surface area contributed by atoms with E-state index in [-0.39, 0.29) is 0 Å². The van der Waals surface area contributed by atoms with Crippen LogP contribution in [0.5, 0.6) is 0 Å². The van der Waals surface area contributed by atoms with Gasteiger partial charge in [0.15, 0.2) is 0 Å². The maximum Gasteiger partial charge on any atom is 0.0508 e. The smallest absolute Gasteiger partial charge is 0.0508 e. The first kappa shape index (κ1) is 15.3. The standard InChI is InChI=1S/C17H26BrN3/c1-20-8-7-14(11-20)12-21(2)17-6-3-13(9-16(17)18)10-19-15-4-5-15/h3,6,9,14-15,19H,4-5,7-8,10-12H2,1-2H3. The van der Waals surface area contributed by atoms with Gasteiger partial charge in [-0.3, -0.25) is 0 Å². The molecule has 1 aromatic rings. The van der Waals surface area contributed by atoms with E-state index in [9.17, 15) is 0 Å². The van der Waals surface area contributed by atoms with E-state index in [1.165, 1.54) is 48.1 Å². The fourth-order valence-corrected chi connectivity index (χ4v) is 3.91. The molecule has 1 saturated heterocycles. The first-order valence-electron chi connectivity index (χ1n) is 8.03. The molecule has 0 spiro atoms. The number of rotatable bonds is 6. The second-order valence-electron chi connectivity index (χ2n) is 6.74. The third-order valence-electron chi connectivity index (χ3n) is 4.62. The number of halogens is 1. The van der Waals surface area contributed by atoms with E-state index in [4.69, 9.17) is 0 Å². The summed E-state index contributed by atoms with van der Waals surface area (Å²) in [5.74, 6) is 0.795. The largest absolute Gasteiger partial charge is 0.373 e. The fraction of sp³-hybridized carbons (Fsp3) is 0.647. The van der Waals surface area contributed by atoms with Crippen molar-refractivity contribution in [1.82, 2.24) is 10.2 Å². The Morgan fingerprint density at radius 3 is 2.76 bits per heavy atom. The molecule has 1 N–H and O–H groups in total. The number of likely N-dealkylation sites (tertiary alicyclic amines) is 1. The highest BCUT2D eigenvalue weighted by atomic mass is 79.9. The number of anilines is 1. The summed E-state index contributed by atoms with van der Waals surface area (Å²) in [7, 11) is 4.43. The Labute approximate surface area is 136 Å². The summed E-state index contributed by atoms with van der Waals surface area (Å²) < 4.78 is 1.21. The van der Waals surface area contributed by atoms with Crippen molar-refractivity contribution in [1.29, 1.82) is 0 Å². The zero-order valence-electron chi connectivity index (χ0n) is 13.1. The molecule has 0 amide bonds. The molecule has 3 rings (SSSR count). The van der Waals surface area contributed by atoms with Crippen molar-refractivity contribution in [2.24, 2.45) is 5.92 Å². The van der Waals surface area contributed by atoms with Crippen LogP contribution >= 0.6 is 15.9 Å². The second kappa shape index (κ2) is 6.67. The summed E-state index contributed by atoms with van der Waals surface area (Å²) in [6.07, 6.45) is 4.01. The lowest BCUT2D eigenvalue weighted by Gasteiger charge is -2.24. The van der Waals surface area contributed by atoms with E-state index < -0.39 is 0 Å². The lowest BCUT2D eigenvalue weighted by Crippen LogP contribution is -2.27. The normalized spacial score (nSPS) is 22.7. The van der Waals surface area contributed by atoms with Crippen LogP contribution in [-0.2, 0) is 6.54 Å². The second-order valence-corrected chi connectivity index (χ2v) is 7.59. The zero-order chi connectivity index (χ0) is 14.8. The molecule has 0 aromatic heterocycles. The monoisotopic (exact) mass is 351 g/mol. The minimum absolute atomic E-state index is 0.769. The van der Waals surface area contributed by atoms with Crippen LogP contribution in [0.15, 0.2) is 22.7 Å². The molecule has 1 saturated carbocycles. The first-order chi connectivity index (χ1) is 10.1. The predicted molar refractivity (Wildman–Crippen MR) is 92.9 cm³/mol. The highest BCUT2D eigenvalue weighted by molar-refractivity contribution is 9.10. The van der Waals surface area contributed by atoms with Gasteiger partial charge in [0.25, 0.3) is 0 Å². The number of nitrogens with zero attached hydrogens (tertiary/aromatic N) is 2. The Morgan fingerprint density at radius 2 is 2.14 bits per heavy atom. The molecule has 1 aliphatic heterocycles. The third kappa shape index (κ3) is 4.21. The maximum atomic E-state index is 3.75. The van der Waals surface area contributed by atoms with Crippen molar-refractivity contribution in [2.75, 3.05) is 38.6 Å². The van der Waals surface area contributed by atoms with Gasteiger partial charge in [-0.2, -0.15) is 0 Å². The number of nitrogens with one attached hydrogen (secondary N) is 1. The van der Waals surface area contributed by atoms with Crippen LogP contribution in [-0.4, -0.2) is 44.7 Å². The van der Waals surface area contributed by atoms with Crippen LogP contribution in [0.4, 0.5) is 5.69 Å². The summed E-state index contributed by atoms with van der Waals surface area (Å²) in [6, 6.07) is 7.55. The Morgan fingerprint density at radius 1 is 1.33 bits per heavy atom. The Bertz CT molecular complexity index is 487. The molecule has 0 radical (unpaired) electrons. The van der Waals surface area contributed by atoms with Crippen molar-refractivity contribution in [2.45, 2.75) is 31.8 Å². The first-order valence-corrected chi connectivity index (χ1v) is 8.82. The van der Waals surface area contributed by atoms with Gasteiger partial charge in [-0.25, -0.2) is 0 Å². The van der Waals surface area contributed by atoms with Crippen LogP contribution in [0, 0.1) is 5.92 Å². The molecule has 116 valence electrons. The molecule has 0 bridgehead atoms. The van der Waals surface area contributed by atoms with Gasteiger partial charge in [-0.15, -0.1) is 0 Å². The lowest BCUT2D eigenvalue weighted by atomic mass is 10.1. The minimum Gasteiger partial charge on any atom is -0.373 e. The van der Waals surface area contributed by atoms with Crippen molar-refractivity contribution in [3.8, 4) is 0 Å². The highest BCUT2D eigenvalue weighted by Gasteiger charge is 2.22. The van der Waals surface area contributed by atoms with E-state index >= 15 is 0 Å². The van der Waals surface area contributed by atoms with E-state index in [2.05, 4.69) is 63.3 Å². The van der Waals surface area contributed by atoms with E-state index in [1.54, 1.807) is 0 Å². The molecule has 1 atom stereocenters. The molecule has 2 fully saturated rings. The molecular weight excluding hydrogens is 326 g/mol. The SMILES string of the molecule is CN1CCC(CN(C)c2ccc(CNC3CC3)cc2Br)C1. The van der Waals surface area contributed by atoms with Gasteiger partial charge in [0.1, 0.15) is 0 Å². The summed E-state index contributed by atoms with van der Waals surface area (Å²) in [5.41, 5.74) is 2.67. The van der Waals surface area contributed by atoms with Crippen LogP contribution in [0.3, 0.4) is 0 Å². The molecule has 3 nitrogen and oxygen atoms in total. The topological polar surface area (TPSA) is 18.5 Å². The predicted octanol–water partition coefficient (Wildman–Crippen LogP) is 3.09. The lowest BCUT2D eigenvalue weighted by molar-refractivity contribution is 0.396. The third-order valence-corrected chi connectivity index (χ3v) is 5.25. The maximum absolute atomic E-state index is 3.75. The number of hydrogen-bond donors (Lipinski definition) is 1. The zero-order valence-corrected chi connectivity index (χ0v) is 14.7. The van der Waals surface area contributed by atoms with Crippen LogP contribution in [0.2, 0.25) is 0 Å². The van der Waals surface area contributed by atoms with Crippen molar-refractivity contribution in [3.05, 3.63) is 28.2 Å². The van der Waals surface area contributed by atoms with E-state index in [0.717, 1.165) is 25.0 Å². The van der Waals surface area contributed by atoms with Gasteiger partial charge in [0.2, 0.25) is 0 Å². The minimum atomic E-state index is 0.769. The van der Waals surface area contributed by atoms with Gasteiger partial charge >= 0.3 is 0 Å². The number of hydrogen-bond acceptors (Lipinski definition) is 3. The molecular formula is C17H26BrN3. The van der Waals surface area contributed by atoms with Crippen LogP contribution in [0.1, 0.15) is 24.8 Å². The Hall–Kier alpha value is -0.580. The quantitative estimate of drug-likeness (QED) is 0.849. The summed E-state index contributed by atoms with van der Waals surface area (Å²) in [4.78, 5) is 4.83. The van der Waals surface area contributed by atoms with Gasteiger partial charge in [0.05, 0.1) is 5.69 Å². The molecule has 21 heavy (non-hydrogen) atoms.